The number of morpholine rings is 1. The third kappa shape index (κ3) is 7.12. The lowest BCUT2D eigenvalue weighted by atomic mass is 10.0. The second kappa shape index (κ2) is 12.4. The number of carbonyl (C=O) groups excluding carboxylic acids is 1. The molecule has 8 heteroatoms. The SMILES string of the molecule is COc1cccc(C(CNC(=O)CC2COCCN2)N2CCCC2)c1.Cl.Cl. The molecule has 3 rings (SSSR count). The molecule has 0 aromatic heterocycles. The molecule has 0 radical (unpaired) electrons. The van der Waals surface area contributed by atoms with Crippen LogP contribution in [0.4, 0.5) is 0 Å². The molecule has 6 nitrogen and oxygen atoms in total. The first-order chi connectivity index (χ1) is 12.3. The fraction of sp³-hybridized carbons (Fsp3) is 0.632. The molecular weight excluding hydrogens is 389 g/mol. The van der Waals surface area contributed by atoms with Crippen LogP contribution >= 0.6 is 24.8 Å². The van der Waals surface area contributed by atoms with Gasteiger partial charge in [-0.25, -0.2) is 0 Å². The van der Waals surface area contributed by atoms with Crippen molar-refractivity contribution < 1.29 is 14.3 Å². The Hall–Kier alpha value is -1.05. The number of nitrogens with zero attached hydrogens (tertiary/aromatic N) is 1. The molecular formula is C19H31Cl2N3O3. The first-order valence-electron chi connectivity index (χ1n) is 9.22. The van der Waals surface area contributed by atoms with Gasteiger partial charge in [0.15, 0.2) is 0 Å². The van der Waals surface area contributed by atoms with Crippen LogP contribution in [0.2, 0.25) is 0 Å². The maximum atomic E-state index is 12.3. The Morgan fingerprint density at radius 2 is 2.15 bits per heavy atom. The van der Waals surface area contributed by atoms with Gasteiger partial charge < -0.3 is 20.1 Å². The second-order valence-electron chi connectivity index (χ2n) is 6.77. The zero-order chi connectivity index (χ0) is 17.5. The topological polar surface area (TPSA) is 62.8 Å². The van der Waals surface area contributed by atoms with Crippen molar-refractivity contribution in [1.29, 1.82) is 0 Å². The highest BCUT2D eigenvalue weighted by Crippen LogP contribution is 2.27. The molecule has 0 saturated carbocycles. The summed E-state index contributed by atoms with van der Waals surface area (Å²) in [7, 11) is 1.69. The first kappa shape index (κ1) is 24.0. The van der Waals surface area contributed by atoms with Crippen LogP contribution in [0.5, 0.6) is 5.75 Å². The lowest BCUT2D eigenvalue weighted by molar-refractivity contribution is -0.122. The molecule has 1 aromatic rings. The van der Waals surface area contributed by atoms with E-state index in [2.05, 4.69) is 27.7 Å². The van der Waals surface area contributed by atoms with E-state index in [9.17, 15) is 4.79 Å². The Labute approximate surface area is 174 Å². The summed E-state index contributed by atoms with van der Waals surface area (Å²) in [6.07, 6.45) is 2.90. The average molecular weight is 420 g/mol. The lowest BCUT2D eigenvalue weighted by Gasteiger charge is -2.29. The van der Waals surface area contributed by atoms with E-state index < -0.39 is 0 Å². The van der Waals surface area contributed by atoms with E-state index >= 15 is 0 Å². The Morgan fingerprint density at radius 3 is 2.81 bits per heavy atom. The van der Waals surface area contributed by atoms with Gasteiger partial charge in [0, 0.05) is 25.6 Å². The third-order valence-electron chi connectivity index (χ3n) is 4.98. The summed E-state index contributed by atoms with van der Waals surface area (Å²) in [5.74, 6) is 0.937. The summed E-state index contributed by atoms with van der Waals surface area (Å²) in [4.78, 5) is 14.8. The predicted octanol–water partition coefficient (Wildman–Crippen LogP) is 2.17. The van der Waals surface area contributed by atoms with Crippen LogP contribution in [0, 0.1) is 0 Å². The van der Waals surface area contributed by atoms with E-state index in [0.717, 1.165) is 32.0 Å². The van der Waals surface area contributed by atoms with Crippen molar-refractivity contribution in [2.24, 2.45) is 0 Å². The molecule has 2 saturated heterocycles. The number of carbonyl (C=O) groups is 1. The van der Waals surface area contributed by atoms with Crippen LogP contribution in [0.1, 0.15) is 30.9 Å². The minimum atomic E-state index is 0. The zero-order valence-electron chi connectivity index (χ0n) is 15.8. The Morgan fingerprint density at radius 1 is 1.37 bits per heavy atom. The number of nitrogens with one attached hydrogen (secondary N) is 2. The smallest absolute Gasteiger partial charge is 0.221 e. The third-order valence-corrected chi connectivity index (χ3v) is 4.98. The molecule has 1 aromatic carbocycles. The molecule has 2 aliphatic rings. The lowest BCUT2D eigenvalue weighted by Crippen LogP contribution is -2.45. The monoisotopic (exact) mass is 419 g/mol. The van der Waals surface area contributed by atoms with E-state index in [-0.39, 0.29) is 42.8 Å². The maximum Gasteiger partial charge on any atom is 0.221 e. The van der Waals surface area contributed by atoms with Crippen molar-refractivity contribution in [2.45, 2.75) is 31.3 Å². The standard InChI is InChI=1S/C19H29N3O3.2ClH/c1-24-17-6-4-5-15(11-17)18(22-8-2-3-9-22)13-21-19(23)12-16-14-25-10-7-20-16;;/h4-6,11,16,18,20H,2-3,7-10,12-14H2,1H3,(H,21,23);2*1H. The van der Waals surface area contributed by atoms with Gasteiger partial charge in [0.2, 0.25) is 5.91 Å². The van der Waals surface area contributed by atoms with Gasteiger partial charge in [-0.05, 0) is 43.6 Å². The number of rotatable bonds is 7. The molecule has 2 atom stereocenters. The number of amides is 1. The molecule has 2 fully saturated rings. The average Bonchev–Trinajstić information content (AvgIpc) is 3.17. The summed E-state index contributed by atoms with van der Waals surface area (Å²) >= 11 is 0. The van der Waals surface area contributed by atoms with E-state index in [1.54, 1.807) is 7.11 Å². The van der Waals surface area contributed by atoms with Crippen molar-refractivity contribution >= 4 is 30.7 Å². The van der Waals surface area contributed by atoms with Gasteiger partial charge in [-0.15, -0.1) is 24.8 Å². The molecule has 27 heavy (non-hydrogen) atoms. The summed E-state index contributed by atoms with van der Waals surface area (Å²) in [5.41, 5.74) is 1.20. The van der Waals surface area contributed by atoms with Crippen molar-refractivity contribution in [3.63, 3.8) is 0 Å². The first-order valence-corrected chi connectivity index (χ1v) is 9.22. The zero-order valence-corrected chi connectivity index (χ0v) is 17.4. The summed E-state index contributed by atoms with van der Waals surface area (Å²) in [6.45, 7) is 4.94. The Bertz CT molecular complexity index is 565. The van der Waals surface area contributed by atoms with E-state index in [1.807, 2.05) is 12.1 Å². The number of likely N-dealkylation sites (tertiary alicyclic amines) is 1. The predicted molar refractivity (Wildman–Crippen MR) is 111 cm³/mol. The van der Waals surface area contributed by atoms with Gasteiger partial charge in [0.25, 0.3) is 0 Å². The number of hydrogen-bond acceptors (Lipinski definition) is 5. The van der Waals surface area contributed by atoms with Crippen LogP contribution < -0.4 is 15.4 Å². The Balaban J connectivity index is 0.00000182. The highest BCUT2D eigenvalue weighted by Gasteiger charge is 2.25. The molecule has 0 aliphatic carbocycles. The minimum Gasteiger partial charge on any atom is -0.497 e. The number of methoxy groups -OCH3 is 1. The van der Waals surface area contributed by atoms with Gasteiger partial charge >= 0.3 is 0 Å². The molecule has 154 valence electrons. The molecule has 2 unspecified atom stereocenters. The highest BCUT2D eigenvalue weighted by molar-refractivity contribution is 5.85. The van der Waals surface area contributed by atoms with Crippen LogP contribution in [-0.2, 0) is 9.53 Å². The number of halogens is 2. The molecule has 0 spiro atoms. The van der Waals surface area contributed by atoms with E-state index in [4.69, 9.17) is 9.47 Å². The summed E-state index contributed by atoms with van der Waals surface area (Å²) in [5, 5.41) is 6.45. The molecule has 0 bridgehead atoms. The van der Waals surface area contributed by atoms with Crippen LogP contribution in [0.3, 0.4) is 0 Å². The van der Waals surface area contributed by atoms with Gasteiger partial charge in [0.1, 0.15) is 5.75 Å². The van der Waals surface area contributed by atoms with Crippen molar-refractivity contribution in [1.82, 2.24) is 15.5 Å². The minimum absolute atomic E-state index is 0. The van der Waals surface area contributed by atoms with E-state index in [1.165, 1.54) is 18.4 Å². The highest BCUT2D eigenvalue weighted by atomic mass is 35.5. The quantitative estimate of drug-likeness (QED) is 0.708. The molecule has 1 amide bonds. The van der Waals surface area contributed by atoms with Gasteiger partial charge in [0.05, 0.1) is 26.4 Å². The van der Waals surface area contributed by atoms with Crippen molar-refractivity contribution in [3.8, 4) is 5.75 Å². The largest absolute Gasteiger partial charge is 0.497 e. The maximum absolute atomic E-state index is 12.3. The number of hydrogen-bond donors (Lipinski definition) is 2. The summed E-state index contributed by atoms with van der Waals surface area (Å²) < 4.78 is 10.8. The number of ether oxygens (including phenoxy) is 2. The van der Waals surface area contributed by atoms with Crippen molar-refractivity contribution in [2.75, 3.05) is 46.5 Å². The molecule has 2 heterocycles. The fourth-order valence-corrected chi connectivity index (χ4v) is 3.62. The fourth-order valence-electron chi connectivity index (χ4n) is 3.62. The number of benzene rings is 1. The second-order valence-corrected chi connectivity index (χ2v) is 6.77. The van der Waals surface area contributed by atoms with Crippen LogP contribution in [-0.4, -0.2) is 63.4 Å². The van der Waals surface area contributed by atoms with Crippen molar-refractivity contribution in [3.05, 3.63) is 29.8 Å². The van der Waals surface area contributed by atoms with E-state index in [0.29, 0.717) is 19.6 Å². The molecule has 2 N–H and O–H groups in total. The van der Waals surface area contributed by atoms with Crippen LogP contribution in [0.15, 0.2) is 24.3 Å². The van der Waals surface area contributed by atoms with Crippen LogP contribution in [0.25, 0.3) is 0 Å². The molecule has 2 aliphatic heterocycles. The van der Waals surface area contributed by atoms with Gasteiger partial charge in [-0.1, -0.05) is 12.1 Å². The summed E-state index contributed by atoms with van der Waals surface area (Å²) in [6, 6.07) is 8.48. The normalized spacial score (nSPS) is 20.9. The van der Waals surface area contributed by atoms with Gasteiger partial charge in [-0.3, -0.25) is 9.69 Å². The van der Waals surface area contributed by atoms with Gasteiger partial charge in [-0.2, -0.15) is 0 Å². The Kier molecular flexibility index (Phi) is 11.0.